The van der Waals surface area contributed by atoms with Gasteiger partial charge in [-0.1, -0.05) is 0 Å². The number of nitrogens with one attached hydrogen (secondary N) is 1. The van der Waals surface area contributed by atoms with Gasteiger partial charge < -0.3 is 10.1 Å². The van der Waals surface area contributed by atoms with Crippen molar-refractivity contribution in [1.82, 2.24) is 4.98 Å². The van der Waals surface area contributed by atoms with Crippen molar-refractivity contribution in [3.63, 3.8) is 0 Å². The lowest BCUT2D eigenvalue weighted by Gasteiger charge is -2.11. The Balaban J connectivity index is 2.16. The van der Waals surface area contributed by atoms with Crippen LogP contribution in [0.25, 0.3) is 0 Å². The van der Waals surface area contributed by atoms with Gasteiger partial charge in [-0.2, -0.15) is 8.78 Å². The summed E-state index contributed by atoms with van der Waals surface area (Å²) in [5.41, 5.74) is 0.340. The van der Waals surface area contributed by atoms with Crippen molar-refractivity contribution in [3.8, 4) is 0 Å². The van der Waals surface area contributed by atoms with E-state index < -0.39 is 28.6 Å². The molecule has 0 radical (unpaired) electrons. The summed E-state index contributed by atoms with van der Waals surface area (Å²) in [7, 11) is 0. The molecule has 0 aliphatic heterocycles. The molecule has 0 aliphatic rings. The Labute approximate surface area is 139 Å². The number of halogens is 3. The van der Waals surface area contributed by atoms with Gasteiger partial charge in [0.05, 0.1) is 6.61 Å². The van der Waals surface area contributed by atoms with Gasteiger partial charge in [0.25, 0.3) is 5.91 Å². The van der Waals surface area contributed by atoms with Crippen molar-refractivity contribution in [2.45, 2.75) is 19.8 Å². The quantitative estimate of drug-likeness (QED) is 0.831. The first kappa shape index (κ1) is 17.9. The third-order valence-electron chi connectivity index (χ3n) is 2.95. The number of aromatic nitrogens is 1. The molecule has 1 aromatic heterocycles. The number of hydrogen-bond acceptors (Lipinski definition) is 5. The summed E-state index contributed by atoms with van der Waals surface area (Å²) in [6.07, 6.45) is 0. The molecule has 1 heterocycles. The number of ether oxygens (including phenoxy) is 1. The number of benzene rings is 1. The fraction of sp³-hybridized carbons (Fsp3) is 0.267. The van der Waals surface area contributed by atoms with Gasteiger partial charge in [0.2, 0.25) is 0 Å². The highest BCUT2D eigenvalue weighted by molar-refractivity contribution is 7.10. The van der Waals surface area contributed by atoms with Crippen LogP contribution in [0.1, 0.15) is 28.0 Å². The van der Waals surface area contributed by atoms with E-state index in [4.69, 9.17) is 0 Å². The molecule has 2 aromatic rings. The average molecular weight is 358 g/mol. The summed E-state index contributed by atoms with van der Waals surface area (Å²) in [6, 6.07) is 3.90. The Kier molecular flexibility index (Phi) is 5.23. The van der Waals surface area contributed by atoms with E-state index in [2.05, 4.69) is 15.0 Å². The number of carbonyl (C=O) groups is 2. The van der Waals surface area contributed by atoms with E-state index in [-0.39, 0.29) is 12.3 Å². The molecule has 0 unspecified atom stereocenters. The Morgan fingerprint density at radius 1 is 1.38 bits per heavy atom. The molecule has 1 aromatic carbocycles. The first-order chi connectivity index (χ1) is 11.3. The number of carbonyl (C=O) groups excluding carboxylic acids is 2. The van der Waals surface area contributed by atoms with Crippen LogP contribution >= 0.6 is 11.3 Å². The Bertz CT molecular complexity index is 777. The second kappa shape index (κ2) is 7.00. The highest BCUT2D eigenvalue weighted by Gasteiger charge is 2.46. The highest BCUT2D eigenvalue weighted by Crippen LogP contribution is 2.32. The first-order valence-electron chi connectivity index (χ1n) is 6.84. The Morgan fingerprint density at radius 2 is 2.08 bits per heavy atom. The largest absolute Gasteiger partial charge is 0.461 e. The van der Waals surface area contributed by atoms with Gasteiger partial charge in [-0.15, -0.1) is 11.3 Å². The van der Waals surface area contributed by atoms with Gasteiger partial charge in [-0.05, 0) is 37.6 Å². The maximum atomic E-state index is 13.8. The van der Waals surface area contributed by atoms with Crippen LogP contribution in [0, 0.1) is 12.7 Å². The summed E-state index contributed by atoms with van der Waals surface area (Å²) >= 11 is 0.472. The van der Waals surface area contributed by atoms with Crippen LogP contribution in [0.5, 0.6) is 0 Å². The van der Waals surface area contributed by atoms with Crippen molar-refractivity contribution in [2.75, 3.05) is 11.9 Å². The SMILES string of the molecule is CCOC(=O)C(F)(F)c1nc(C(=O)Nc2ccc(F)c(C)c2)cs1. The monoisotopic (exact) mass is 358 g/mol. The third kappa shape index (κ3) is 3.73. The van der Waals surface area contributed by atoms with Gasteiger partial charge in [0.1, 0.15) is 11.5 Å². The molecular formula is C15H13F3N2O3S. The molecule has 2 rings (SSSR count). The van der Waals surface area contributed by atoms with E-state index in [0.29, 0.717) is 22.6 Å². The second-order valence-corrected chi connectivity index (χ2v) is 5.61. The van der Waals surface area contributed by atoms with Crippen LogP contribution < -0.4 is 5.32 Å². The van der Waals surface area contributed by atoms with E-state index in [1.165, 1.54) is 32.0 Å². The Hall–Kier alpha value is -2.42. The van der Waals surface area contributed by atoms with Crippen molar-refractivity contribution in [2.24, 2.45) is 0 Å². The van der Waals surface area contributed by atoms with Crippen molar-refractivity contribution in [1.29, 1.82) is 0 Å². The minimum Gasteiger partial charge on any atom is -0.461 e. The van der Waals surface area contributed by atoms with Crippen molar-refractivity contribution >= 4 is 28.9 Å². The fourth-order valence-electron chi connectivity index (χ4n) is 1.75. The summed E-state index contributed by atoms with van der Waals surface area (Å²) in [4.78, 5) is 26.8. The lowest BCUT2D eigenvalue weighted by atomic mass is 10.2. The van der Waals surface area contributed by atoms with Gasteiger partial charge in [-0.3, -0.25) is 4.79 Å². The Morgan fingerprint density at radius 3 is 2.71 bits per heavy atom. The molecule has 0 fully saturated rings. The number of nitrogens with zero attached hydrogens (tertiary/aromatic N) is 1. The van der Waals surface area contributed by atoms with E-state index in [9.17, 15) is 22.8 Å². The minimum absolute atomic E-state index is 0.197. The van der Waals surface area contributed by atoms with Gasteiger partial charge in [0.15, 0.2) is 5.01 Å². The number of amides is 1. The van der Waals surface area contributed by atoms with Crippen LogP contribution in [0.15, 0.2) is 23.6 Å². The summed E-state index contributed by atoms with van der Waals surface area (Å²) in [5.74, 6) is -6.83. The predicted octanol–water partition coefficient (Wildman–Crippen LogP) is 3.50. The summed E-state index contributed by atoms with van der Waals surface area (Å²) in [6.45, 7) is 2.72. The van der Waals surface area contributed by atoms with Crippen molar-refractivity contribution in [3.05, 3.63) is 45.7 Å². The lowest BCUT2D eigenvalue weighted by Crippen LogP contribution is -2.28. The standard InChI is InChI=1S/C15H13F3N2O3S/c1-3-23-14(22)15(17,18)13-20-11(7-24-13)12(21)19-9-4-5-10(16)8(2)6-9/h4-7H,3H2,1-2H3,(H,19,21). The molecule has 1 N–H and O–H groups in total. The topological polar surface area (TPSA) is 68.3 Å². The normalized spacial score (nSPS) is 11.2. The van der Waals surface area contributed by atoms with Crippen LogP contribution in [0.2, 0.25) is 0 Å². The molecule has 0 bridgehead atoms. The van der Waals surface area contributed by atoms with Crippen molar-refractivity contribution < 1.29 is 27.5 Å². The zero-order chi connectivity index (χ0) is 17.9. The van der Waals surface area contributed by atoms with Crippen LogP contribution in [-0.2, 0) is 15.5 Å². The number of rotatable bonds is 5. The van der Waals surface area contributed by atoms with Crippen LogP contribution in [0.4, 0.5) is 18.9 Å². The second-order valence-electron chi connectivity index (χ2n) is 4.75. The molecule has 0 saturated carbocycles. The molecule has 0 spiro atoms. The maximum Gasteiger partial charge on any atom is 0.393 e. The molecule has 5 nitrogen and oxygen atoms in total. The number of aryl methyl sites for hydroxylation is 1. The number of esters is 1. The van der Waals surface area contributed by atoms with Gasteiger partial charge >= 0.3 is 11.9 Å². The molecule has 24 heavy (non-hydrogen) atoms. The van der Waals surface area contributed by atoms with E-state index in [1.807, 2.05) is 0 Å². The van der Waals surface area contributed by atoms with Crippen LogP contribution in [-0.4, -0.2) is 23.5 Å². The fourth-order valence-corrected chi connectivity index (χ4v) is 2.51. The van der Waals surface area contributed by atoms with Gasteiger partial charge in [-0.25, -0.2) is 14.2 Å². The predicted molar refractivity (Wildman–Crippen MR) is 81.7 cm³/mol. The third-order valence-corrected chi connectivity index (χ3v) is 3.87. The molecule has 0 saturated heterocycles. The smallest absolute Gasteiger partial charge is 0.393 e. The van der Waals surface area contributed by atoms with Gasteiger partial charge in [0, 0.05) is 11.1 Å². The highest BCUT2D eigenvalue weighted by atomic mass is 32.1. The molecular weight excluding hydrogens is 345 g/mol. The summed E-state index contributed by atoms with van der Waals surface area (Å²) in [5, 5.41) is 2.70. The zero-order valence-corrected chi connectivity index (χ0v) is 13.5. The number of anilines is 1. The number of hydrogen-bond donors (Lipinski definition) is 1. The van der Waals surface area contributed by atoms with Crippen LogP contribution in [0.3, 0.4) is 0 Å². The minimum atomic E-state index is -3.92. The number of alkyl halides is 2. The van der Waals surface area contributed by atoms with E-state index in [1.54, 1.807) is 0 Å². The lowest BCUT2D eigenvalue weighted by molar-refractivity contribution is -0.173. The summed E-state index contributed by atoms with van der Waals surface area (Å²) < 4.78 is 45.1. The molecule has 9 heteroatoms. The molecule has 1 amide bonds. The van der Waals surface area contributed by atoms with E-state index >= 15 is 0 Å². The average Bonchev–Trinajstić information content (AvgIpc) is 3.02. The molecule has 128 valence electrons. The zero-order valence-electron chi connectivity index (χ0n) is 12.7. The van der Waals surface area contributed by atoms with E-state index in [0.717, 1.165) is 5.38 Å². The first-order valence-corrected chi connectivity index (χ1v) is 7.72. The molecule has 0 atom stereocenters. The maximum absolute atomic E-state index is 13.8. The molecule has 0 aliphatic carbocycles. The number of thiazole rings is 1.